The zero-order chi connectivity index (χ0) is 17.9. The molecule has 8 nitrogen and oxygen atoms in total. The van der Waals surface area contributed by atoms with Crippen molar-refractivity contribution >= 4 is 17.2 Å². The highest BCUT2D eigenvalue weighted by atomic mass is 32.1. The van der Waals surface area contributed by atoms with Crippen molar-refractivity contribution in [3.63, 3.8) is 0 Å². The van der Waals surface area contributed by atoms with Crippen LogP contribution in [0.5, 0.6) is 0 Å². The van der Waals surface area contributed by atoms with E-state index in [4.69, 9.17) is 4.98 Å². The molecule has 0 radical (unpaired) electrons. The lowest BCUT2D eigenvalue weighted by Gasteiger charge is -2.17. The van der Waals surface area contributed by atoms with Crippen molar-refractivity contribution in [3.8, 4) is 0 Å². The van der Waals surface area contributed by atoms with Gasteiger partial charge in [-0.3, -0.25) is 9.69 Å². The number of thiazole rings is 1. The largest absolute Gasteiger partial charge is 0.337 e. The molecule has 26 heavy (non-hydrogen) atoms. The Balaban J connectivity index is 1.35. The van der Waals surface area contributed by atoms with E-state index in [9.17, 15) is 4.79 Å². The van der Waals surface area contributed by atoms with Crippen LogP contribution in [0.3, 0.4) is 0 Å². The minimum absolute atomic E-state index is 0.00754. The summed E-state index contributed by atoms with van der Waals surface area (Å²) in [6.07, 6.45) is 7.14. The van der Waals surface area contributed by atoms with Gasteiger partial charge in [-0.2, -0.15) is 0 Å². The minimum atomic E-state index is 0.00754. The highest BCUT2D eigenvalue weighted by molar-refractivity contribution is 7.11. The van der Waals surface area contributed by atoms with Gasteiger partial charge in [-0.1, -0.05) is 0 Å². The van der Waals surface area contributed by atoms with Crippen LogP contribution in [0.15, 0.2) is 0 Å². The predicted molar refractivity (Wildman–Crippen MR) is 97.6 cm³/mol. The third-order valence-electron chi connectivity index (χ3n) is 5.14. The number of hydrogen-bond acceptors (Lipinski definition) is 7. The fourth-order valence-corrected chi connectivity index (χ4v) is 4.82. The molecule has 3 heterocycles. The van der Waals surface area contributed by atoms with Crippen molar-refractivity contribution in [2.45, 2.75) is 58.2 Å². The number of aromatic nitrogens is 5. The highest BCUT2D eigenvalue weighted by Crippen LogP contribution is 2.27. The summed E-state index contributed by atoms with van der Waals surface area (Å²) in [5, 5.41) is 12.9. The lowest BCUT2D eigenvalue weighted by Crippen LogP contribution is -2.31. The Labute approximate surface area is 157 Å². The molecule has 140 valence electrons. The van der Waals surface area contributed by atoms with E-state index in [0.717, 1.165) is 36.8 Å². The molecular weight excluding hydrogens is 350 g/mol. The van der Waals surface area contributed by atoms with Crippen LogP contribution in [-0.2, 0) is 37.3 Å². The van der Waals surface area contributed by atoms with E-state index >= 15 is 0 Å². The van der Waals surface area contributed by atoms with Gasteiger partial charge in [0.1, 0.15) is 11.6 Å². The molecule has 2 aliphatic rings. The molecule has 0 N–H and O–H groups in total. The van der Waals surface area contributed by atoms with E-state index in [1.165, 1.54) is 36.3 Å². The van der Waals surface area contributed by atoms with Gasteiger partial charge in [-0.15, -0.1) is 16.4 Å². The molecule has 2 aromatic rings. The fraction of sp³-hybridized carbons (Fsp3) is 0.706. The van der Waals surface area contributed by atoms with Crippen LogP contribution >= 0.6 is 11.3 Å². The number of nitrogens with zero attached hydrogens (tertiary/aromatic N) is 7. The van der Waals surface area contributed by atoms with E-state index < -0.39 is 0 Å². The summed E-state index contributed by atoms with van der Waals surface area (Å²) in [7, 11) is 1.83. The van der Waals surface area contributed by atoms with Crippen LogP contribution in [-0.4, -0.2) is 61.0 Å². The smallest absolute Gasteiger partial charge is 0.244 e. The Hall–Kier alpha value is -1.87. The number of hydrogen-bond donors (Lipinski definition) is 0. The molecule has 0 aromatic carbocycles. The second kappa shape index (κ2) is 7.79. The zero-order valence-corrected chi connectivity index (χ0v) is 16.0. The molecule has 1 aliphatic heterocycles. The average molecular weight is 376 g/mol. The molecule has 0 unspecified atom stereocenters. The van der Waals surface area contributed by atoms with Gasteiger partial charge >= 0.3 is 0 Å². The van der Waals surface area contributed by atoms with Crippen LogP contribution < -0.4 is 0 Å². The summed E-state index contributed by atoms with van der Waals surface area (Å²) in [5.74, 6) is 0.770. The van der Waals surface area contributed by atoms with Gasteiger partial charge in [0.05, 0.1) is 18.8 Å². The fourth-order valence-electron chi connectivity index (χ4n) is 3.61. The third kappa shape index (κ3) is 3.93. The van der Waals surface area contributed by atoms with Gasteiger partial charge < -0.3 is 4.90 Å². The second-order valence-corrected chi connectivity index (χ2v) is 8.34. The number of carbonyl (C=O) groups is 1. The normalized spacial score (nSPS) is 17.4. The molecule has 1 amide bonds. The molecule has 9 heteroatoms. The van der Waals surface area contributed by atoms with E-state index in [1.54, 1.807) is 20.9 Å². The summed E-state index contributed by atoms with van der Waals surface area (Å²) in [4.78, 5) is 22.8. The molecule has 0 spiro atoms. The van der Waals surface area contributed by atoms with Gasteiger partial charge in [0.25, 0.3) is 0 Å². The number of rotatable bonds is 6. The van der Waals surface area contributed by atoms with Crippen LogP contribution in [0.1, 0.15) is 47.1 Å². The lowest BCUT2D eigenvalue weighted by atomic mass is 10.0. The number of fused-ring (bicyclic) bond motifs is 1. The Bertz CT molecular complexity index is 742. The number of carbonyl (C=O) groups excluding carboxylic acids is 1. The molecule has 4 rings (SSSR count). The van der Waals surface area contributed by atoms with E-state index in [-0.39, 0.29) is 12.5 Å². The Morgan fingerprint density at radius 3 is 2.81 bits per heavy atom. The van der Waals surface area contributed by atoms with Gasteiger partial charge in [0.15, 0.2) is 5.82 Å². The Kier molecular flexibility index (Phi) is 5.26. The first-order valence-corrected chi connectivity index (χ1v) is 10.2. The second-order valence-electron chi connectivity index (χ2n) is 7.17. The molecule has 1 fully saturated rings. The van der Waals surface area contributed by atoms with Gasteiger partial charge in [-0.25, -0.2) is 9.67 Å². The van der Waals surface area contributed by atoms with Crippen molar-refractivity contribution in [2.75, 3.05) is 20.1 Å². The SMILES string of the molecule is CN(Cc1nc2c(s1)CCCC2)C(=O)Cn1nnnc1CN1CCCC1. The standard InChI is InChI=1S/C17H25N7OS/c1-22(11-16-18-13-6-2-3-7-14(13)26-16)17(25)12-24-15(19-20-21-24)10-23-8-4-5-9-23/h2-12H2,1H3. The van der Waals surface area contributed by atoms with Crippen molar-refractivity contribution in [3.05, 3.63) is 21.4 Å². The van der Waals surface area contributed by atoms with E-state index in [1.807, 2.05) is 7.05 Å². The number of likely N-dealkylation sites (N-methyl/N-ethyl adjacent to an activating group) is 1. The van der Waals surface area contributed by atoms with Crippen molar-refractivity contribution < 1.29 is 4.79 Å². The lowest BCUT2D eigenvalue weighted by molar-refractivity contribution is -0.131. The zero-order valence-electron chi connectivity index (χ0n) is 15.2. The highest BCUT2D eigenvalue weighted by Gasteiger charge is 2.20. The molecule has 2 aromatic heterocycles. The quantitative estimate of drug-likeness (QED) is 0.756. The average Bonchev–Trinajstić information content (AvgIpc) is 3.36. The summed E-state index contributed by atoms with van der Waals surface area (Å²) >= 11 is 1.75. The number of amides is 1. The van der Waals surface area contributed by atoms with Crippen LogP contribution in [0.2, 0.25) is 0 Å². The maximum atomic E-state index is 12.6. The minimum Gasteiger partial charge on any atom is -0.337 e. The summed E-state index contributed by atoms with van der Waals surface area (Å²) in [6.45, 7) is 3.60. The maximum Gasteiger partial charge on any atom is 0.244 e. The van der Waals surface area contributed by atoms with Crippen LogP contribution in [0.25, 0.3) is 0 Å². The van der Waals surface area contributed by atoms with Gasteiger partial charge in [-0.05, 0) is 62.0 Å². The monoisotopic (exact) mass is 375 g/mol. The first-order valence-electron chi connectivity index (χ1n) is 9.38. The number of aryl methyl sites for hydroxylation is 2. The first-order chi connectivity index (χ1) is 12.7. The molecule has 0 saturated carbocycles. The Morgan fingerprint density at radius 1 is 1.19 bits per heavy atom. The van der Waals surface area contributed by atoms with Crippen molar-refractivity contribution in [2.24, 2.45) is 0 Å². The number of tetrazole rings is 1. The molecular formula is C17H25N7OS. The summed E-state index contributed by atoms with van der Waals surface area (Å²) in [5.41, 5.74) is 1.24. The van der Waals surface area contributed by atoms with Crippen molar-refractivity contribution in [1.82, 2.24) is 35.0 Å². The summed E-state index contributed by atoms with van der Waals surface area (Å²) < 4.78 is 1.63. The molecule has 0 bridgehead atoms. The van der Waals surface area contributed by atoms with Crippen molar-refractivity contribution in [1.29, 1.82) is 0 Å². The summed E-state index contributed by atoms with van der Waals surface area (Å²) in [6, 6.07) is 0. The predicted octanol–water partition coefficient (Wildman–Crippen LogP) is 1.26. The topological polar surface area (TPSA) is 80.0 Å². The Morgan fingerprint density at radius 2 is 2.00 bits per heavy atom. The third-order valence-corrected chi connectivity index (χ3v) is 6.29. The first kappa shape index (κ1) is 17.5. The van der Waals surface area contributed by atoms with Gasteiger partial charge in [0, 0.05) is 11.9 Å². The van der Waals surface area contributed by atoms with Gasteiger partial charge in [0.2, 0.25) is 5.91 Å². The molecule has 1 aliphatic carbocycles. The van der Waals surface area contributed by atoms with E-state index in [0.29, 0.717) is 13.1 Å². The molecule has 0 atom stereocenters. The molecule has 1 saturated heterocycles. The maximum absolute atomic E-state index is 12.6. The number of likely N-dealkylation sites (tertiary alicyclic amines) is 1. The van der Waals surface area contributed by atoms with Crippen LogP contribution in [0.4, 0.5) is 0 Å². The van der Waals surface area contributed by atoms with E-state index in [2.05, 4.69) is 20.4 Å². The van der Waals surface area contributed by atoms with Crippen LogP contribution in [0, 0.1) is 0 Å².